The summed E-state index contributed by atoms with van der Waals surface area (Å²) in [4.78, 5) is 16.1. The van der Waals surface area contributed by atoms with E-state index >= 15 is 0 Å². The Morgan fingerprint density at radius 3 is 1.83 bits per heavy atom. The number of fused-ring (bicyclic) bond motifs is 13. The minimum absolute atomic E-state index is 0.543. The first-order valence-corrected chi connectivity index (χ1v) is 21.2. The van der Waals surface area contributed by atoms with Gasteiger partial charge in [0.2, 0.25) is 0 Å². The van der Waals surface area contributed by atoms with Crippen molar-refractivity contribution in [1.29, 1.82) is 0 Å². The van der Waals surface area contributed by atoms with E-state index in [9.17, 15) is 0 Å². The smallest absolute Gasteiger partial charge is 0.164 e. The predicted molar refractivity (Wildman–Crippen MR) is 258 cm³/mol. The molecular formula is C57H32N4O2. The molecule has 0 saturated heterocycles. The maximum absolute atomic E-state index is 7.03. The third-order valence-corrected chi connectivity index (χ3v) is 12.8. The van der Waals surface area contributed by atoms with Crippen molar-refractivity contribution in [3.63, 3.8) is 0 Å². The van der Waals surface area contributed by atoms with E-state index in [2.05, 4.69) is 180 Å². The van der Waals surface area contributed by atoms with Crippen molar-refractivity contribution in [2.45, 2.75) is 0 Å². The zero-order valence-electron chi connectivity index (χ0n) is 33.6. The molecule has 0 amide bonds. The zero-order chi connectivity index (χ0) is 41.2. The van der Waals surface area contributed by atoms with E-state index in [-0.39, 0.29) is 0 Å². The average Bonchev–Trinajstić information content (AvgIpc) is 4.02. The molecule has 0 saturated carbocycles. The molecule has 0 unspecified atom stereocenters. The highest BCUT2D eigenvalue weighted by molar-refractivity contribution is 6.20. The van der Waals surface area contributed by atoms with E-state index in [0.717, 1.165) is 98.8 Å². The lowest BCUT2D eigenvalue weighted by atomic mass is 10.0. The fourth-order valence-corrected chi connectivity index (χ4v) is 9.89. The fraction of sp³-hybridized carbons (Fsp3) is 0. The summed E-state index contributed by atoms with van der Waals surface area (Å²) in [7, 11) is 0. The molecule has 10 aromatic carbocycles. The normalized spacial score (nSPS) is 12.1. The van der Waals surface area contributed by atoms with Crippen LogP contribution in [0.15, 0.2) is 203 Å². The summed E-state index contributed by atoms with van der Waals surface area (Å²) in [6.45, 7) is 0. The van der Waals surface area contributed by atoms with Crippen LogP contribution in [0.25, 0.3) is 138 Å². The van der Waals surface area contributed by atoms with Gasteiger partial charge >= 0.3 is 0 Å². The Morgan fingerprint density at radius 2 is 0.968 bits per heavy atom. The molecule has 0 bridgehead atoms. The van der Waals surface area contributed by atoms with Gasteiger partial charge in [-0.15, -0.1) is 0 Å². The second-order valence-electron chi connectivity index (χ2n) is 16.3. The van der Waals surface area contributed by atoms with Crippen molar-refractivity contribution in [1.82, 2.24) is 19.5 Å². The minimum Gasteiger partial charge on any atom is -0.456 e. The number of hydrogen-bond donors (Lipinski definition) is 0. The first kappa shape index (κ1) is 34.1. The fourth-order valence-electron chi connectivity index (χ4n) is 9.89. The van der Waals surface area contributed by atoms with Gasteiger partial charge in [-0.05, 0) is 75.5 Å². The Kier molecular flexibility index (Phi) is 7.02. The standard InChI is InChI=1S/C57H32N4O2/c1-2-15-36-29-49-46(28-35(36)14-1)41-19-7-9-22-48(41)61(49)38-31-47(53-45-27-24-34-13-4-6-18-40(34)54(45)63-52(53)32-38)57-59-55(37-25-26-43-42-20-8-10-23-50(42)62-51(43)30-37)58-56(60-57)44-21-11-16-33-12-3-5-17-39(33)44/h1-32H. The molecule has 0 aliphatic carbocycles. The summed E-state index contributed by atoms with van der Waals surface area (Å²) in [5.74, 6) is 1.67. The third-order valence-electron chi connectivity index (χ3n) is 12.8. The number of aromatic nitrogens is 4. The quantitative estimate of drug-likeness (QED) is 0.177. The van der Waals surface area contributed by atoms with Crippen LogP contribution >= 0.6 is 0 Å². The summed E-state index contributed by atoms with van der Waals surface area (Å²) >= 11 is 0. The molecule has 0 aliphatic heterocycles. The van der Waals surface area contributed by atoms with E-state index in [1.165, 1.54) is 21.5 Å². The zero-order valence-corrected chi connectivity index (χ0v) is 33.6. The van der Waals surface area contributed by atoms with Crippen LogP contribution in [-0.4, -0.2) is 19.5 Å². The summed E-state index contributed by atoms with van der Waals surface area (Å²) < 4.78 is 15.8. The molecule has 6 nitrogen and oxygen atoms in total. The Morgan fingerprint density at radius 1 is 0.333 bits per heavy atom. The van der Waals surface area contributed by atoms with Crippen LogP contribution in [-0.2, 0) is 0 Å². The summed E-state index contributed by atoms with van der Waals surface area (Å²) in [5, 5.41) is 13.1. The Labute approximate surface area is 358 Å². The van der Waals surface area contributed by atoms with E-state index in [1.807, 2.05) is 18.2 Å². The van der Waals surface area contributed by atoms with Crippen LogP contribution in [0, 0.1) is 0 Å². The second kappa shape index (κ2) is 12.9. The molecule has 4 heterocycles. The number of benzene rings is 10. The molecule has 0 radical (unpaired) electrons. The van der Waals surface area contributed by atoms with E-state index in [4.69, 9.17) is 23.8 Å². The van der Waals surface area contributed by atoms with Gasteiger partial charge in [0.15, 0.2) is 17.5 Å². The molecule has 63 heavy (non-hydrogen) atoms. The second-order valence-corrected chi connectivity index (χ2v) is 16.3. The van der Waals surface area contributed by atoms with Gasteiger partial charge in [0.25, 0.3) is 0 Å². The lowest BCUT2D eigenvalue weighted by Gasteiger charge is -2.13. The average molecular weight is 805 g/mol. The van der Waals surface area contributed by atoms with Crippen molar-refractivity contribution in [3.8, 4) is 39.9 Å². The maximum Gasteiger partial charge on any atom is 0.164 e. The maximum atomic E-state index is 7.03. The molecule has 14 aromatic rings. The molecule has 0 fully saturated rings. The van der Waals surface area contributed by atoms with Gasteiger partial charge in [0.1, 0.15) is 22.3 Å². The highest BCUT2D eigenvalue weighted by atomic mass is 16.3. The SMILES string of the molecule is c1ccc2cc3c(cc2c1)c1ccccc1n3-c1cc(-c2nc(-c3ccc4c(c3)oc3ccccc34)nc(-c3cccc4ccccc34)n2)c2c(c1)oc1c3ccccc3ccc12. The number of rotatable bonds is 4. The molecule has 292 valence electrons. The summed E-state index contributed by atoms with van der Waals surface area (Å²) in [6, 6.07) is 68.0. The van der Waals surface area contributed by atoms with Crippen LogP contribution in [0.4, 0.5) is 0 Å². The first-order chi connectivity index (χ1) is 31.2. The van der Waals surface area contributed by atoms with Crippen LogP contribution in [0.5, 0.6) is 0 Å². The van der Waals surface area contributed by atoms with Crippen molar-refractivity contribution < 1.29 is 8.83 Å². The molecule has 0 spiro atoms. The van der Waals surface area contributed by atoms with Crippen LogP contribution < -0.4 is 0 Å². The van der Waals surface area contributed by atoms with E-state index < -0.39 is 0 Å². The summed E-state index contributed by atoms with van der Waals surface area (Å²) in [5.41, 5.74) is 8.94. The lowest BCUT2D eigenvalue weighted by Crippen LogP contribution is -2.02. The highest BCUT2D eigenvalue weighted by Crippen LogP contribution is 2.43. The Hall–Kier alpha value is -8.61. The predicted octanol–water partition coefficient (Wildman–Crippen LogP) is 15.2. The van der Waals surface area contributed by atoms with Gasteiger partial charge in [-0.3, -0.25) is 0 Å². The van der Waals surface area contributed by atoms with Gasteiger partial charge < -0.3 is 13.4 Å². The number of furan rings is 2. The number of nitrogens with zero attached hydrogens (tertiary/aromatic N) is 4. The van der Waals surface area contributed by atoms with Gasteiger partial charge in [-0.2, -0.15) is 0 Å². The third kappa shape index (κ3) is 5.09. The first-order valence-electron chi connectivity index (χ1n) is 21.2. The topological polar surface area (TPSA) is 69.9 Å². The molecule has 0 N–H and O–H groups in total. The van der Waals surface area contributed by atoms with Gasteiger partial charge in [-0.1, -0.05) is 140 Å². The van der Waals surface area contributed by atoms with Gasteiger partial charge in [0.05, 0.1) is 16.7 Å². The van der Waals surface area contributed by atoms with E-state index in [1.54, 1.807) is 0 Å². The van der Waals surface area contributed by atoms with Crippen molar-refractivity contribution in [3.05, 3.63) is 194 Å². The van der Waals surface area contributed by atoms with Gasteiger partial charge in [0, 0.05) is 60.5 Å². The van der Waals surface area contributed by atoms with Crippen LogP contribution in [0.1, 0.15) is 0 Å². The van der Waals surface area contributed by atoms with Crippen LogP contribution in [0.3, 0.4) is 0 Å². The summed E-state index contributed by atoms with van der Waals surface area (Å²) in [6.07, 6.45) is 0. The van der Waals surface area contributed by atoms with Crippen LogP contribution in [0.2, 0.25) is 0 Å². The van der Waals surface area contributed by atoms with Crippen molar-refractivity contribution in [2.24, 2.45) is 0 Å². The molecule has 0 atom stereocenters. The Balaban J connectivity index is 1.10. The number of hydrogen-bond acceptors (Lipinski definition) is 5. The molecule has 14 rings (SSSR count). The molecule has 0 aliphatic rings. The highest BCUT2D eigenvalue weighted by Gasteiger charge is 2.23. The molecule has 4 aromatic heterocycles. The largest absolute Gasteiger partial charge is 0.456 e. The monoisotopic (exact) mass is 804 g/mol. The Bertz CT molecular complexity index is 4230. The van der Waals surface area contributed by atoms with Crippen molar-refractivity contribution >= 4 is 98.0 Å². The minimum atomic E-state index is 0.543. The number of para-hydroxylation sites is 2. The molecular weight excluding hydrogens is 773 g/mol. The molecule has 6 heteroatoms. The van der Waals surface area contributed by atoms with Gasteiger partial charge in [-0.25, -0.2) is 15.0 Å². The van der Waals surface area contributed by atoms with E-state index in [0.29, 0.717) is 17.5 Å². The lowest BCUT2D eigenvalue weighted by molar-refractivity contribution is 0.669. The van der Waals surface area contributed by atoms with Crippen molar-refractivity contribution in [2.75, 3.05) is 0 Å².